The minimum atomic E-state index is -0.955. The van der Waals surface area contributed by atoms with Crippen LogP contribution in [-0.4, -0.2) is 26.1 Å². The van der Waals surface area contributed by atoms with Crippen LogP contribution in [0, 0.1) is 0 Å². The summed E-state index contributed by atoms with van der Waals surface area (Å²) < 4.78 is 1.26. The number of nitrogen functional groups attached to an aromatic ring is 1. The van der Waals surface area contributed by atoms with Gasteiger partial charge in [0.25, 0.3) is 0 Å². The number of carbonyl (C=O) groups is 1. The lowest BCUT2D eigenvalue weighted by Crippen LogP contribution is -2.08. The Kier molecular flexibility index (Phi) is 2.55. The van der Waals surface area contributed by atoms with Crippen molar-refractivity contribution in [1.82, 2.24) is 15.0 Å². The molecule has 2 aromatic rings. The van der Waals surface area contributed by atoms with Gasteiger partial charge in [0.1, 0.15) is 12.2 Å². The first-order chi connectivity index (χ1) is 7.65. The maximum atomic E-state index is 10.5. The Balaban J connectivity index is 2.28. The zero-order valence-corrected chi connectivity index (χ0v) is 8.37. The Hall–Kier alpha value is -2.37. The van der Waals surface area contributed by atoms with Crippen molar-refractivity contribution in [3.8, 4) is 11.3 Å². The van der Waals surface area contributed by atoms with Crippen LogP contribution in [0.25, 0.3) is 11.3 Å². The number of benzene rings is 1. The lowest BCUT2D eigenvalue weighted by Gasteiger charge is -1.96. The molecular weight excluding hydrogens is 208 g/mol. The van der Waals surface area contributed by atoms with Crippen LogP contribution in [0.15, 0.2) is 30.5 Å². The maximum absolute atomic E-state index is 10.5. The highest BCUT2D eigenvalue weighted by molar-refractivity contribution is 5.67. The molecular formula is C10H10N4O2. The summed E-state index contributed by atoms with van der Waals surface area (Å²) >= 11 is 0. The van der Waals surface area contributed by atoms with Gasteiger partial charge in [0.2, 0.25) is 0 Å². The summed E-state index contributed by atoms with van der Waals surface area (Å²) in [6.45, 7) is -0.199. The highest BCUT2D eigenvalue weighted by atomic mass is 16.4. The summed E-state index contributed by atoms with van der Waals surface area (Å²) in [5, 5.41) is 16.2. The summed E-state index contributed by atoms with van der Waals surface area (Å²) in [7, 11) is 0. The number of aliphatic carboxylic acids is 1. The van der Waals surface area contributed by atoms with E-state index in [2.05, 4.69) is 10.3 Å². The number of carboxylic acid groups (broad SMARTS) is 1. The average Bonchev–Trinajstić information content (AvgIpc) is 2.65. The summed E-state index contributed by atoms with van der Waals surface area (Å²) in [5.41, 5.74) is 7.69. The molecule has 1 aromatic carbocycles. The molecule has 3 N–H and O–H groups in total. The number of nitrogens with two attached hydrogens (primary N) is 1. The molecule has 0 aliphatic carbocycles. The molecule has 0 aliphatic heterocycles. The molecule has 0 radical (unpaired) electrons. The Morgan fingerprint density at radius 2 is 2.31 bits per heavy atom. The molecule has 0 aliphatic rings. The molecule has 1 aromatic heterocycles. The van der Waals surface area contributed by atoms with Crippen LogP contribution in [0.4, 0.5) is 5.69 Å². The highest BCUT2D eigenvalue weighted by Gasteiger charge is 2.06. The summed E-state index contributed by atoms with van der Waals surface area (Å²) in [5.74, 6) is -0.955. The van der Waals surface area contributed by atoms with E-state index in [1.807, 2.05) is 6.07 Å². The Bertz CT molecular complexity index is 521. The van der Waals surface area contributed by atoms with Crippen molar-refractivity contribution in [2.75, 3.05) is 5.73 Å². The molecule has 16 heavy (non-hydrogen) atoms. The highest BCUT2D eigenvalue weighted by Crippen LogP contribution is 2.18. The third-order valence-corrected chi connectivity index (χ3v) is 2.02. The van der Waals surface area contributed by atoms with Crippen molar-refractivity contribution in [1.29, 1.82) is 0 Å². The van der Waals surface area contributed by atoms with Gasteiger partial charge in [-0.05, 0) is 12.1 Å². The van der Waals surface area contributed by atoms with Crippen LogP contribution in [-0.2, 0) is 11.3 Å². The Morgan fingerprint density at radius 3 is 3.00 bits per heavy atom. The van der Waals surface area contributed by atoms with E-state index in [9.17, 15) is 4.79 Å². The molecule has 0 saturated heterocycles. The maximum Gasteiger partial charge on any atom is 0.325 e. The van der Waals surface area contributed by atoms with E-state index in [0.29, 0.717) is 11.4 Å². The van der Waals surface area contributed by atoms with E-state index < -0.39 is 5.97 Å². The molecule has 0 unspecified atom stereocenters. The number of aromatic nitrogens is 3. The first-order valence-corrected chi connectivity index (χ1v) is 4.63. The molecule has 0 fully saturated rings. The second kappa shape index (κ2) is 4.01. The van der Waals surface area contributed by atoms with Gasteiger partial charge < -0.3 is 10.8 Å². The fraction of sp³-hybridized carbons (Fsp3) is 0.100. The van der Waals surface area contributed by atoms with Crippen LogP contribution >= 0.6 is 0 Å². The van der Waals surface area contributed by atoms with Crippen molar-refractivity contribution in [2.24, 2.45) is 0 Å². The van der Waals surface area contributed by atoms with Crippen molar-refractivity contribution < 1.29 is 9.90 Å². The van der Waals surface area contributed by atoms with E-state index in [1.54, 1.807) is 24.4 Å². The SMILES string of the molecule is Nc1cccc(-c2cn(CC(=O)O)nn2)c1. The molecule has 6 heteroatoms. The Labute approximate surface area is 91.3 Å². The number of hydrogen-bond acceptors (Lipinski definition) is 4. The van der Waals surface area contributed by atoms with Gasteiger partial charge in [-0.15, -0.1) is 5.10 Å². The van der Waals surface area contributed by atoms with Gasteiger partial charge in [-0.25, -0.2) is 4.68 Å². The molecule has 0 bridgehead atoms. The van der Waals surface area contributed by atoms with Crippen molar-refractivity contribution in [3.05, 3.63) is 30.5 Å². The van der Waals surface area contributed by atoms with E-state index >= 15 is 0 Å². The van der Waals surface area contributed by atoms with Crippen LogP contribution in [0.1, 0.15) is 0 Å². The second-order valence-corrected chi connectivity index (χ2v) is 3.32. The predicted octanol–water partition coefficient (Wildman–Crippen LogP) is 0.612. The molecule has 0 atom stereocenters. The molecule has 82 valence electrons. The predicted molar refractivity (Wildman–Crippen MR) is 57.5 cm³/mol. The van der Waals surface area contributed by atoms with Crippen LogP contribution in [0.5, 0.6) is 0 Å². The Morgan fingerprint density at radius 1 is 1.50 bits per heavy atom. The summed E-state index contributed by atoms with van der Waals surface area (Å²) in [4.78, 5) is 10.5. The summed E-state index contributed by atoms with van der Waals surface area (Å²) in [6.07, 6.45) is 1.57. The van der Waals surface area contributed by atoms with Gasteiger partial charge in [0.05, 0.1) is 6.20 Å². The van der Waals surface area contributed by atoms with Crippen molar-refractivity contribution >= 4 is 11.7 Å². The third-order valence-electron chi connectivity index (χ3n) is 2.02. The largest absolute Gasteiger partial charge is 0.480 e. The number of rotatable bonds is 3. The van der Waals surface area contributed by atoms with Gasteiger partial charge >= 0.3 is 5.97 Å². The average molecular weight is 218 g/mol. The van der Waals surface area contributed by atoms with Crippen molar-refractivity contribution in [2.45, 2.75) is 6.54 Å². The normalized spacial score (nSPS) is 10.2. The quantitative estimate of drug-likeness (QED) is 0.736. The van der Waals surface area contributed by atoms with Crippen LogP contribution < -0.4 is 5.73 Å². The number of hydrogen-bond donors (Lipinski definition) is 2. The zero-order valence-electron chi connectivity index (χ0n) is 8.37. The fourth-order valence-electron chi connectivity index (χ4n) is 1.34. The van der Waals surface area contributed by atoms with Gasteiger partial charge in [-0.2, -0.15) is 0 Å². The first kappa shape index (κ1) is 10.2. The molecule has 0 amide bonds. The minimum absolute atomic E-state index is 0.199. The van der Waals surface area contributed by atoms with Gasteiger partial charge in [-0.1, -0.05) is 17.3 Å². The van der Waals surface area contributed by atoms with Gasteiger partial charge in [0, 0.05) is 11.3 Å². The van der Waals surface area contributed by atoms with E-state index in [-0.39, 0.29) is 6.54 Å². The number of nitrogens with zero attached hydrogens (tertiary/aromatic N) is 3. The smallest absolute Gasteiger partial charge is 0.325 e. The first-order valence-electron chi connectivity index (χ1n) is 4.63. The fourth-order valence-corrected chi connectivity index (χ4v) is 1.34. The molecule has 2 rings (SSSR count). The van der Waals surface area contributed by atoms with E-state index in [0.717, 1.165) is 5.56 Å². The third kappa shape index (κ3) is 2.17. The van der Waals surface area contributed by atoms with Gasteiger partial charge in [0.15, 0.2) is 0 Å². The van der Waals surface area contributed by atoms with E-state index in [1.165, 1.54) is 4.68 Å². The molecule has 0 saturated carbocycles. The lowest BCUT2D eigenvalue weighted by molar-refractivity contribution is -0.137. The van der Waals surface area contributed by atoms with Crippen LogP contribution in [0.2, 0.25) is 0 Å². The molecule has 6 nitrogen and oxygen atoms in total. The van der Waals surface area contributed by atoms with E-state index in [4.69, 9.17) is 10.8 Å². The van der Waals surface area contributed by atoms with Crippen molar-refractivity contribution in [3.63, 3.8) is 0 Å². The second-order valence-electron chi connectivity index (χ2n) is 3.32. The monoisotopic (exact) mass is 218 g/mol. The summed E-state index contributed by atoms with van der Waals surface area (Å²) in [6, 6.07) is 7.17. The van der Waals surface area contributed by atoms with Crippen LogP contribution in [0.3, 0.4) is 0 Å². The number of carboxylic acids is 1. The zero-order chi connectivity index (χ0) is 11.5. The van der Waals surface area contributed by atoms with Gasteiger partial charge in [-0.3, -0.25) is 4.79 Å². The lowest BCUT2D eigenvalue weighted by atomic mass is 10.1. The topological polar surface area (TPSA) is 94.0 Å². The molecule has 1 heterocycles. The standard InChI is InChI=1S/C10H10N4O2/c11-8-3-1-2-7(4-8)9-5-14(13-12-9)6-10(15)16/h1-5H,6,11H2,(H,15,16). The minimum Gasteiger partial charge on any atom is -0.480 e. The molecule has 0 spiro atoms. The number of anilines is 1.